The molecule has 2 aromatic rings. The van der Waals surface area contributed by atoms with Gasteiger partial charge in [-0.15, -0.1) is 0 Å². The number of methoxy groups -OCH3 is 1. The molecule has 0 amide bonds. The Morgan fingerprint density at radius 3 is 2.72 bits per heavy atom. The number of nitrogens with zero attached hydrogens (tertiary/aromatic N) is 3. The van der Waals surface area contributed by atoms with Crippen LogP contribution in [0.3, 0.4) is 0 Å². The minimum atomic E-state index is 0.421. The number of piperidine rings is 1. The van der Waals surface area contributed by atoms with Crippen molar-refractivity contribution >= 4 is 0 Å². The summed E-state index contributed by atoms with van der Waals surface area (Å²) in [7, 11) is 1.58. The molecule has 0 saturated carbocycles. The van der Waals surface area contributed by atoms with Crippen LogP contribution in [0, 0.1) is 5.92 Å². The third-order valence-corrected chi connectivity index (χ3v) is 4.79. The van der Waals surface area contributed by atoms with Crippen molar-refractivity contribution in [1.29, 1.82) is 0 Å². The molecule has 1 aromatic carbocycles. The van der Waals surface area contributed by atoms with Crippen LogP contribution in [0.2, 0.25) is 0 Å². The predicted octanol–water partition coefficient (Wildman–Crippen LogP) is 2.53. The molecule has 3 rings (SSSR count). The molecule has 5 nitrogen and oxygen atoms in total. The number of nitrogens with one attached hydrogen (secondary N) is 1. The number of likely N-dealkylation sites (tertiary alicyclic amines) is 1. The molecular formula is C20H28N4O. The van der Waals surface area contributed by atoms with Crippen LogP contribution in [0.5, 0.6) is 6.01 Å². The molecule has 2 heterocycles. The Balaban J connectivity index is 1.37. The second-order valence-corrected chi connectivity index (χ2v) is 6.75. The SMILES string of the molecule is COc1ncc(CNCC2CCCN(CCc3ccccc3)C2)cn1. The monoisotopic (exact) mass is 340 g/mol. The van der Waals surface area contributed by atoms with E-state index in [4.69, 9.17) is 4.74 Å². The second-order valence-electron chi connectivity index (χ2n) is 6.75. The van der Waals surface area contributed by atoms with Gasteiger partial charge in [0.15, 0.2) is 0 Å². The normalized spacial score (nSPS) is 18.2. The smallest absolute Gasteiger partial charge is 0.316 e. The molecule has 0 aliphatic carbocycles. The van der Waals surface area contributed by atoms with Crippen molar-refractivity contribution in [3.05, 3.63) is 53.9 Å². The van der Waals surface area contributed by atoms with Crippen LogP contribution in [0.4, 0.5) is 0 Å². The topological polar surface area (TPSA) is 50.3 Å². The maximum absolute atomic E-state index is 4.99. The highest BCUT2D eigenvalue weighted by Gasteiger charge is 2.19. The van der Waals surface area contributed by atoms with Gasteiger partial charge in [0.05, 0.1) is 7.11 Å². The van der Waals surface area contributed by atoms with E-state index < -0.39 is 0 Å². The lowest BCUT2D eigenvalue weighted by molar-refractivity contribution is 0.174. The Morgan fingerprint density at radius 1 is 1.16 bits per heavy atom. The van der Waals surface area contributed by atoms with Crippen molar-refractivity contribution in [3.8, 4) is 6.01 Å². The summed E-state index contributed by atoms with van der Waals surface area (Å²) in [6.45, 7) is 5.44. The number of aromatic nitrogens is 2. The van der Waals surface area contributed by atoms with Gasteiger partial charge in [0.1, 0.15) is 0 Å². The first-order chi connectivity index (χ1) is 12.3. The van der Waals surface area contributed by atoms with Crippen LogP contribution in [0.1, 0.15) is 24.0 Å². The minimum absolute atomic E-state index is 0.421. The standard InChI is InChI=1S/C20H28N4O/c1-25-20-22-14-19(15-23-20)13-21-12-18-8-5-10-24(16-18)11-9-17-6-3-2-4-7-17/h2-4,6-7,14-15,18,21H,5,8-13,16H2,1H3. The molecule has 1 saturated heterocycles. The van der Waals surface area contributed by atoms with Gasteiger partial charge < -0.3 is 15.0 Å². The molecule has 1 aromatic heterocycles. The van der Waals surface area contributed by atoms with Crippen molar-refractivity contribution in [3.63, 3.8) is 0 Å². The maximum atomic E-state index is 4.99. The summed E-state index contributed by atoms with van der Waals surface area (Å²) in [5.41, 5.74) is 2.53. The van der Waals surface area contributed by atoms with E-state index in [9.17, 15) is 0 Å². The zero-order chi connectivity index (χ0) is 17.3. The average molecular weight is 340 g/mol. The Bertz CT molecular complexity index is 617. The minimum Gasteiger partial charge on any atom is -0.467 e. The maximum Gasteiger partial charge on any atom is 0.316 e. The second kappa shape index (κ2) is 9.49. The predicted molar refractivity (Wildman–Crippen MR) is 99.6 cm³/mol. The fraction of sp³-hybridized carbons (Fsp3) is 0.500. The first-order valence-corrected chi connectivity index (χ1v) is 9.15. The molecule has 0 radical (unpaired) electrons. The van der Waals surface area contributed by atoms with Gasteiger partial charge in [-0.2, -0.15) is 0 Å². The third kappa shape index (κ3) is 5.80. The summed E-state index contributed by atoms with van der Waals surface area (Å²) < 4.78 is 4.99. The van der Waals surface area contributed by atoms with Crippen LogP contribution in [0.25, 0.3) is 0 Å². The number of hydrogen-bond donors (Lipinski definition) is 1. The molecule has 0 bridgehead atoms. The molecule has 1 aliphatic rings. The summed E-state index contributed by atoms with van der Waals surface area (Å²) in [6.07, 6.45) is 7.41. The van der Waals surface area contributed by atoms with Crippen LogP contribution in [-0.4, -0.2) is 48.2 Å². The zero-order valence-electron chi connectivity index (χ0n) is 15.0. The highest BCUT2D eigenvalue weighted by Crippen LogP contribution is 2.16. The first-order valence-electron chi connectivity index (χ1n) is 9.15. The highest BCUT2D eigenvalue weighted by atomic mass is 16.5. The van der Waals surface area contributed by atoms with E-state index in [2.05, 4.69) is 50.5 Å². The Hall–Kier alpha value is -1.98. The van der Waals surface area contributed by atoms with Crippen molar-refractivity contribution < 1.29 is 4.74 Å². The molecule has 1 aliphatic heterocycles. The molecular weight excluding hydrogens is 312 g/mol. The molecule has 134 valence electrons. The number of benzene rings is 1. The van der Waals surface area contributed by atoms with Gasteiger partial charge >= 0.3 is 6.01 Å². The summed E-state index contributed by atoms with van der Waals surface area (Å²) >= 11 is 0. The number of rotatable bonds is 8. The molecule has 25 heavy (non-hydrogen) atoms. The van der Waals surface area contributed by atoms with E-state index in [1.807, 2.05) is 12.4 Å². The van der Waals surface area contributed by atoms with Crippen molar-refractivity contribution in [2.24, 2.45) is 5.92 Å². The van der Waals surface area contributed by atoms with Crippen LogP contribution >= 0.6 is 0 Å². The highest BCUT2D eigenvalue weighted by molar-refractivity contribution is 5.14. The van der Waals surface area contributed by atoms with E-state index >= 15 is 0 Å². The fourth-order valence-corrected chi connectivity index (χ4v) is 3.41. The summed E-state index contributed by atoms with van der Waals surface area (Å²) in [5, 5.41) is 3.56. The lowest BCUT2D eigenvalue weighted by atomic mass is 9.97. The molecule has 0 spiro atoms. The molecule has 5 heteroatoms. The lowest BCUT2D eigenvalue weighted by Gasteiger charge is -2.33. The van der Waals surface area contributed by atoms with Gasteiger partial charge in [0, 0.05) is 37.6 Å². The van der Waals surface area contributed by atoms with Gasteiger partial charge in [-0.3, -0.25) is 0 Å². The Labute approximate surface area is 150 Å². The molecule has 1 unspecified atom stereocenters. The number of ether oxygens (including phenoxy) is 1. The van der Waals surface area contributed by atoms with Gasteiger partial charge in [0.25, 0.3) is 0 Å². The van der Waals surface area contributed by atoms with Crippen LogP contribution < -0.4 is 10.1 Å². The Kier molecular flexibility index (Phi) is 6.77. The first kappa shape index (κ1) is 17.8. The van der Waals surface area contributed by atoms with Gasteiger partial charge in [-0.25, -0.2) is 9.97 Å². The quantitative estimate of drug-likeness (QED) is 0.800. The molecule has 1 N–H and O–H groups in total. The van der Waals surface area contributed by atoms with Gasteiger partial charge in [-0.1, -0.05) is 30.3 Å². The fourth-order valence-electron chi connectivity index (χ4n) is 3.41. The van der Waals surface area contributed by atoms with E-state index in [1.54, 1.807) is 7.11 Å². The molecule has 1 fully saturated rings. The van der Waals surface area contributed by atoms with Crippen LogP contribution in [-0.2, 0) is 13.0 Å². The molecule has 1 atom stereocenters. The average Bonchev–Trinajstić information content (AvgIpc) is 2.68. The van der Waals surface area contributed by atoms with E-state index in [-0.39, 0.29) is 0 Å². The third-order valence-electron chi connectivity index (χ3n) is 4.79. The van der Waals surface area contributed by atoms with Crippen LogP contribution in [0.15, 0.2) is 42.7 Å². The lowest BCUT2D eigenvalue weighted by Crippen LogP contribution is -2.40. The largest absolute Gasteiger partial charge is 0.467 e. The summed E-state index contributed by atoms with van der Waals surface area (Å²) in [4.78, 5) is 10.9. The van der Waals surface area contributed by atoms with Crippen molar-refractivity contribution in [1.82, 2.24) is 20.2 Å². The number of hydrogen-bond acceptors (Lipinski definition) is 5. The van der Waals surface area contributed by atoms with E-state index in [0.29, 0.717) is 6.01 Å². The van der Waals surface area contributed by atoms with Crippen molar-refractivity contribution in [2.75, 3.05) is 33.3 Å². The summed E-state index contributed by atoms with van der Waals surface area (Å²) in [6, 6.07) is 11.2. The van der Waals surface area contributed by atoms with E-state index in [1.165, 1.54) is 31.5 Å². The van der Waals surface area contributed by atoms with Gasteiger partial charge in [-0.05, 0) is 43.8 Å². The Morgan fingerprint density at radius 2 is 1.96 bits per heavy atom. The summed E-state index contributed by atoms with van der Waals surface area (Å²) in [5.74, 6) is 0.726. The van der Waals surface area contributed by atoms with E-state index in [0.717, 1.165) is 37.5 Å². The zero-order valence-corrected chi connectivity index (χ0v) is 15.0. The van der Waals surface area contributed by atoms with Crippen molar-refractivity contribution in [2.45, 2.75) is 25.8 Å². The van der Waals surface area contributed by atoms with Gasteiger partial charge in [0.2, 0.25) is 0 Å².